The van der Waals surface area contributed by atoms with Gasteiger partial charge in [0.1, 0.15) is 0 Å². The summed E-state index contributed by atoms with van der Waals surface area (Å²) in [5.41, 5.74) is 1.58. The third kappa shape index (κ3) is 3.07. The van der Waals surface area contributed by atoms with Crippen molar-refractivity contribution in [3.05, 3.63) is 34.3 Å². The molecule has 0 aromatic heterocycles. The van der Waals surface area contributed by atoms with E-state index in [1.165, 1.54) is 18.4 Å². The van der Waals surface area contributed by atoms with Gasteiger partial charge in [-0.2, -0.15) is 5.26 Å². The maximum Gasteiger partial charge on any atom is 0.0628 e. The summed E-state index contributed by atoms with van der Waals surface area (Å²) in [6, 6.07) is 10.6. The van der Waals surface area contributed by atoms with Crippen molar-refractivity contribution < 1.29 is 0 Å². The van der Waals surface area contributed by atoms with Crippen LogP contribution in [0.4, 0.5) is 0 Å². The Labute approximate surface area is 105 Å². The predicted octanol–water partition coefficient (Wildman–Crippen LogP) is 3.23. The molecular weight excluding hydrogens is 264 g/mol. The van der Waals surface area contributed by atoms with Crippen LogP contribution in [0.15, 0.2) is 28.7 Å². The summed E-state index contributed by atoms with van der Waals surface area (Å²) in [5.74, 6) is 0. The molecule has 1 aromatic rings. The monoisotopic (exact) mass is 278 g/mol. The van der Waals surface area contributed by atoms with E-state index in [4.69, 9.17) is 5.26 Å². The summed E-state index contributed by atoms with van der Waals surface area (Å²) in [6.07, 6.45) is 3.10. The quantitative estimate of drug-likeness (QED) is 0.898. The van der Waals surface area contributed by atoms with Crippen molar-refractivity contribution in [3.8, 4) is 6.07 Å². The molecule has 0 atom stereocenters. The number of halogens is 1. The van der Waals surface area contributed by atoms with Crippen LogP contribution in [0.25, 0.3) is 0 Å². The van der Waals surface area contributed by atoms with E-state index in [9.17, 15) is 0 Å². The highest BCUT2D eigenvalue weighted by molar-refractivity contribution is 9.10. The first-order valence-corrected chi connectivity index (χ1v) is 6.36. The minimum Gasteiger partial charge on any atom is -0.312 e. The van der Waals surface area contributed by atoms with E-state index in [0.717, 1.165) is 17.6 Å². The van der Waals surface area contributed by atoms with E-state index < -0.39 is 0 Å². The van der Waals surface area contributed by atoms with Crippen LogP contribution >= 0.6 is 15.9 Å². The third-order valence-electron chi connectivity index (χ3n) is 3.15. The van der Waals surface area contributed by atoms with E-state index >= 15 is 0 Å². The molecule has 0 radical (unpaired) electrons. The summed E-state index contributed by atoms with van der Waals surface area (Å²) in [4.78, 5) is 0. The van der Waals surface area contributed by atoms with Crippen LogP contribution in [-0.4, -0.2) is 6.54 Å². The molecule has 0 bridgehead atoms. The van der Waals surface area contributed by atoms with Gasteiger partial charge in [-0.15, -0.1) is 0 Å². The molecule has 3 heteroatoms. The molecule has 0 aliphatic heterocycles. The van der Waals surface area contributed by atoms with Gasteiger partial charge in [0.25, 0.3) is 0 Å². The molecule has 1 aliphatic carbocycles. The second-order valence-electron chi connectivity index (χ2n) is 4.56. The molecule has 0 unspecified atom stereocenters. The molecule has 0 spiro atoms. The lowest BCUT2D eigenvalue weighted by Gasteiger charge is -2.12. The topological polar surface area (TPSA) is 35.8 Å². The molecule has 1 aliphatic rings. The molecule has 16 heavy (non-hydrogen) atoms. The Balaban J connectivity index is 1.76. The lowest BCUT2D eigenvalue weighted by molar-refractivity contribution is 0.466. The minimum atomic E-state index is 0.296. The molecular formula is C13H15BrN2. The van der Waals surface area contributed by atoms with Crippen molar-refractivity contribution in [3.63, 3.8) is 0 Å². The third-order valence-corrected chi connectivity index (χ3v) is 3.68. The van der Waals surface area contributed by atoms with Crippen LogP contribution in [0.5, 0.6) is 0 Å². The van der Waals surface area contributed by atoms with Crippen molar-refractivity contribution in [1.29, 1.82) is 5.26 Å². The maximum absolute atomic E-state index is 8.71. The van der Waals surface area contributed by atoms with Gasteiger partial charge in [-0.25, -0.2) is 0 Å². The van der Waals surface area contributed by atoms with E-state index in [-0.39, 0.29) is 0 Å². The van der Waals surface area contributed by atoms with Gasteiger partial charge in [-0.3, -0.25) is 0 Å². The Hall–Kier alpha value is -0.850. The van der Waals surface area contributed by atoms with E-state index in [0.29, 0.717) is 11.8 Å². The molecule has 84 valence electrons. The van der Waals surface area contributed by atoms with Crippen molar-refractivity contribution in [1.82, 2.24) is 5.32 Å². The first-order chi connectivity index (χ1) is 7.74. The van der Waals surface area contributed by atoms with E-state index in [1.807, 2.05) is 0 Å². The average Bonchev–Trinajstić information content (AvgIpc) is 3.02. The van der Waals surface area contributed by atoms with Crippen molar-refractivity contribution >= 4 is 15.9 Å². The molecule has 0 heterocycles. The molecule has 1 aromatic carbocycles. The number of hydrogen-bond donors (Lipinski definition) is 1. The predicted molar refractivity (Wildman–Crippen MR) is 67.7 cm³/mol. The highest BCUT2D eigenvalue weighted by atomic mass is 79.9. The normalized spacial score (nSPS) is 16.8. The van der Waals surface area contributed by atoms with Gasteiger partial charge >= 0.3 is 0 Å². The van der Waals surface area contributed by atoms with Crippen LogP contribution in [0.1, 0.15) is 24.8 Å². The highest BCUT2D eigenvalue weighted by Crippen LogP contribution is 2.47. The zero-order valence-corrected chi connectivity index (χ0v) is 10.8. The van der Waals surface area contributed by atoms with Crippen LogP contribution in [0, 0.1) is 16.7 Å². The molecule has 1 N–H and O–H groups in total. The summed E-state index contributed by atoms with van der Waals surface area (Å²) in [7, 11) is 0. The minimum absolute atomic E-state index is 0.296. The number of benzene rings is 1. The standard InChI is InChI=1S/C13H15BrN2/c14-12-3-1-11(2-4-12)9-16-10-13(5-6-13)7-8-15/h1-4,16H,5-7,9-10H2. The van der Waals surface area contributed by atoms with Gasteiger partial charge in [-0.05, 0) is 36.0 Å². The van der Waals surface area contributed by atoms with Crippen LogP contribution in [0.2, 0.25) is 0 Å². The fourth-order valence-electron chi connectivity index (χ4n) is 1.83. The number of nitrogens with one attached hydrogen (secondary N) is 1. The van der Waals surface area contributed by atoms with Gasteiger partial charge < -0.3 is 5.32 Å². The number of rotatable bonds is 5. The van der Waals surface area contributed by atoms with Crippen LogP contribution in [-0.2, 0) is 6.54 Å². The Kier molecular flexibility index (Phi) is 3.63. The SMILES string of the molecule is N#CCC1(CNCc2ccc(Br)cc2)CC1. The molecule has 2 rings (SSSR count). The molecule has 2 nitrogen and oxygen atoms in total. The summed E-state index contributed by atoms with van der Waals surface area (Å²) in [6.45, 7) is 1.86. The second kappa shape index (κ2) is 4.99. The lowest BCUT2D eigenvalue weighted by Crippen LogP contribution is -2.23. The zero-order valence-electron chi connectivity index (χ0n) is 9.17. The molecule has 1 saturated carbocycles. The summed E-state index contributed by atoms with van der Waals surface area (Å²) < 4.78 is 1.11. The van der Waals surface area contributed by atoms with E-state index in [2.05, 4.69) is 51.6 Å². The molecule has 0 amide bonds. The Morgan fingerprint density at radius 3 is 2.56 bits per heavy atom. The van der Waals surface area contributed by atoms with Crippen LogP contribution < -0.4 is 5.32 Å². The van der Waals surface area contributed by atoms with Crippen LogP contribution in [0.3, 0.4) is 0 Å². The summed E-state index contributed by atoms with van der Waals surface area (Å²) >= 11 is 3.42. The van der Waals surface area contributed by atoms with Gasteiger partial charge in [0.15, 0.2) is 0 Å². The number of nitrogens with zero attached hydrogens (tertiary/aromatic N) is 1. The van der Waals surface area contributed by atoms with Gasteiger partial charge in [0.2, 0.25) is 0 Å². The largest absolute Gasteiger partial charge is 0.312 e. The number of hydrogen-bond acceptors (Lipinski definition) is 2. The number of nitriles is 1. The smallest absolute Gasteiger partial charge is 0.0628 e. The maximum atomic E-state index is 8.71. The summed E-state index contributed by atoms with van der Waals surface area (Å²) in [5, 5.41) is 12.1. The van der Waals surface area contributed by atoms with Gasteiger partial charge in [0, 0.05) is 24.0 Å². The first kappa shape index (κ1) is 11.6. The van der Waals surface area contributed by atoms with Crippen molar-refractivity contribution in [2.45, 2.75) is 25.8 Å². The van der Waals surface area contributed by atoms with E-state index in [1.54, 1.807) is 0 Å². The molecule has 0 saturated heterocycles. The van der Waals surface area contributed by atoms with Crippen molar-refractivity contribution in [2.24, 2.45) is 5.41 Å². The Bertz CT molecular complexity index is 387. The Morgan fingerprint density at radius 1 is 1.31 bits per heavy atom. The van der Waals surface area contributed by atoms with Gasteiger partial charge in [-0.1, -0.05) is 28.1 Å². The average molecular weight is 279 g/mol. The fourth-order valence-corrected chi connectivity index (χ4v) is 2.10. The fraction of sp³-hybridized carbons (Fsp3) is 0.462. The second-order valence-corrected chi connectivity index (χ2v) is 5.48. The molecule has 1 fully saturated rings. The zero-order chi connectivity index (χ0) is 11.4. The van der Waals surface area contributed by atoms with Gasteiger partial charge in [0.05, 0.1) is 6.07 Å². The Morgan fingerprint density at radius 2 is 2.00 bits per heavy atom. The highest BCUT2D eigenvalue weighted by Gasteiger charge is 2.41. The lowest BCUT2D eigenvalue weighted by atomic mass is 10.0. The first-order valence-electron chi connectivity index (χ1n) is 5.56. The van der Waals surface area contributed by atoms with Crippen molar-refractivity contribution in [2.75, 3.05) is 6.54 Å².